The van der Waals surface area contributed by atoms with Gasteiger partial charge >= 0.3 is 0 Å². The molecule has 74 valence electrons. The van der Waals surface area contributed by atoms with Gasteiger partial charge in [0.25, 0.3) is 0 Å². The Labute approximate surface area is 96.7 Å². The first-order valence-corrected chi connectivity index (χ1v) is 5.25. The van der Waals surface area contributed by atoms with E-state index in [0.29, 0.717) is 5.56 Å². The molecule has 1 atom stereocenters. The lowest BCUT2D eigenvalue weighted by Crippen LogP contribution is -2.10. The minimum atomic E-state index is -0.409. The first kappa shape index (κ1) is 11.3. The molecule has 0 aliphatic rings. The van der Waals surface area contributed by atoms with Crippen molar-refractivity contribution < 1.29 is 5.11 Å². The highest BCUT2D eigenvalue weighted by atomic mass is 127. The number of aromatic hydroxyl groups is 1. The average molecular weight is 302 g/mol. The molecule has 3 N–H and O–H groups in total. The van der Waals surface area contributed by atoms with Gasteiger partial charge in [-0.2, -0.15) is 5.26 Å². The van der Waals surface area contributed by atoms with Gasteiger partial charge in [-0.15, -0.1) is 0 Å². The molecule has 0 saturated heterocycles. The van der Waals surface area contributed by atoms with Crippen LogP contribution in [0.4, 0.5) is 0 Å². The molecule has 1 aromatic carbocycles. The summed E-state index contributed by atoms with van der Waals surface area (Å²) in [5.41, 5.74) is 7.44. The molecule has 1 rings (SSSR count). The molecular weight excluding hydrogens is 291 g/mol. The normalized spacial score (nSPS) is 12.1. The van der Waals surface area contributed by atoms with E-state index in [1.807, 2.05) is 47.7 Å². The van der Waals surface area contributed by atoms with Crippen LogP contribution in [0.5, 0.6) is 5.75 Å². The lowest BCUT2D eigenvalue weighted by molar-refractivity contribution is 0.458. The Morgan fingerprint density at radius 3 is 2.86 bits per heavy atom. The third kappa shape index (κ3) is 2.36. The zero-order valence-corrected chi connectivity index (χ0v) is 9.95. The largest absolute Gasteiger partial charge is 0.506 e. The molecule has 14 heavy (non-hydrogen) atoms. The van der Waals surface area contributed by atoms with Gasteiger partial charge in [0.15, 0.2) is 0 Å². The van der Waals surface area contributed by atoms with Crippen molar-refractivity contribution in [2.75, 3.05) is 0 Å². The van der Waals surface area contributed by atoms with Crippen molar-refractivity contribution >= 4 is 22.6 Å². The molecule has 0 aliphatic carbocycles. The number of rotatable bonds is 2. The van der Waals surface area contributed by atoms with Crippen LogP contribution in [0.15, 0.2) is 12.1 Å². The van der Waals surface area contributed by atoms with Crippen molar-refractivity contribution in [2.45, 2.75) is 19.4 Å². The molecule has 1 aromatic rings. The molecule has 0 aromatic heterocycles. The Morgan fingerprint density at radius 2 is 2.29 bits per heavy atom. The summed E-state index contributed by atoms with van der Waals surface area (Å²) in [6.45, 7) is 1.93. The second-order valence-corrected chi connectivity index (χ2v) is 4.32. The van der Waals surface area contributed by atoms with E-state index in [4.69, 9.17) is 11.0 Å². The number of phenols is 1. The van der Waals surface area contributed by atoms with E-state index in [1.54, 1.807) is 0 Å². The van der Waals surface area contributed by atoms with Gasteiger partial charge in [-0.05, 0) is 41.1 Å². The van der Waals surface area contributed by atoms with Gasteiger partial charge in [-0.3, -0.25) is 0 Å². The predicted molar refractivity (Wildman–Crippen MR) is 62.7 cm³/mol. The maximum absolute atomic E-state index is 9.72. The van der Waals surface area contributed by atoms with Gasteiger partial charge in [0.1, 0.15) is 5.75 Å². The first-order chi connectivity index (χ1) is 6.56. The number of nitrogens with zero attached hydrogens (tertiary/aromatic N) is 1. The fourth-order valence-electron chi connectivity index (χ4n) is 1.25. The fourth-order valence-corrected chi connectivity index (χ4v) is 2.06. The number of phenolic OH excluding ortho intramolecular Hbond substituents is 1. The molecule has 0 amide bonds. The molecule has 0 saturated carbocycles. The van der Waals surface area contributed by atoms with Crippen molar-refractivity contribution in [1.82, 2.24) is 0 Å². The van der Waals surface area contributed by atoms with Crippen molar-refractivity contribution in [2.24, 2.45) is 5.73 Å². The number of nitriles is 1. The second kappa shape index (κ2) is 4.62. The summed E-state index contributed by atoms with van der Waals surface area (Å²) >= 11 is 2.05. The molecule has 0 radical (unpaired) electrons. The molecule has 0 bridgehead atoms. The first-order valence-electron chi connectivity index (χ1n) is 4.17. The highest BCUT2D eigenvalue weighted by Crippen LogP contribution is 2.30. The Kier molecular flexibility index (Phi) is 3.72. The SMILES string of the molecule is Cc1cc(I)c(O)c([C@@H](N)CC#N)c1. The molecule has 0 fully saturated rings. The smallest absolute Gasteiger partial charge is 0.133 e. The predicted octanol–water partition coefficient (Wildman–Crippen LogP) is 2.22. The number of aryl methyl sites for hydroxylation is 1. The van der Waals surface area contributed by atoms with Crippen LogP contribution in [-0.2, 0) is 0 Å². The topological polar surface area (TPSA) is 70.0 Å². The van der Waals surface area contributed by atoms with Gasteiger partial charge in [-0.25, -0.2) is 0 Å². The number of benzene rings is 1. The summed E-state index contributed by atoms with van der Waals surface area (Å²) < 4.78 is 0.769. The zero-order chi connectivity index (χ0) is 10.7. The maximum atomic E-state index is 9.72. The number of nitrogens with two attached hydrogens (primary N) is 1. The summed E-state index contributed by atoms with van der Waals surface area (Å²) in [6, 6.07) is 5.28. The molecule has 0 heterocycles. The molecular formula is C10H11IN2O. The van der Waals surface area contributed by atoms with E-state index >= 15 is 0 Å². The van der Waals surface area contributed by atoms with E-state index in [1.165, 1.54) is 0 Å². The maximum Gasteiger partial charge on any atom is 0.133 e. The van der Waals surface area contributed by atoms with E-state index in [-0.39, 0.29) is 12.2 Å². The van der Waals surface area contributed by atoms with E-state index in [0.717, 1.165) is 9.13 Å². The highest BCUT2D eigenvalue weighted by Gasteiger charge is 2.13. The van der Waals surface area contributed by atoms with Crippen LogP contribution in [0, 0.1) is 21.8 Å². The minimum Gasteiger partial charge on any atom is -0.506 e. The van der Waals surface area contributed by atoms with Gasteiger partial charge in [0.05, 0.1) is 16.1 Å². The van der Waals surface area contributed by atoms with Crippen LogP contribution in [0.1, 0.15) is 23.6 Å². The summed E-state index contributed by atoms with van der Waals surface area (Å²) in [7, 11) is 0. The summed E-state index contributed by atoms with van der Waals surface area (Å²) in [6.07, 6.45) is 0.215. The Hall–Kier alpha value is -0.800. The number of hydrogen-bond acceptors (Lipinski definition) is 3. The van der Waals surface area contributed by atoms with Crippen LogP contribution in [0.25, 0.3) is 0 Å². The zero-order valence-electron chi connectivity index (χ0n) is 7.79. The van der Waals surface area contributed by atoms with E-state index in [2.05, 4.69) is 0 Å². The highest BCUT2D eigenvalue weighted by molar-refractivity contribution is 14.1. The minimum absolute atomic E-state index is 0.193. The molecule has 4 heteroatoms. The van der Waals surface area contributed by atoms with Crippen molar-refractivity contribution in [3.63, 3.8) is 0 Å². The summed E-state index contributed by atoms with van der Waals surface area (Å²) in [5.74, 6) is 0.193. The Balaban J connectivity index is 3.14. The van der Waals surface area contributed by atoms with Crippen molar-refractivity contribution in [1.29, 1.82) is 5.26 Å². The van der Waals surface area contributed by atoms with Crippen LogP contribution in [-0.4, -0.2) is 5.11 Å². The van der Waals surface area contributed by atoms with Gasteiger partial charge < -0.3 is 10.8 Å². The van der Waals surface area contributed by atoms with Crippen LogP contribution >= 0.6 is 22.6 Å². The summed E-state index contributed by atoms with van der Waals surface area (Å²) in [5, 5.41) is 18.2. The molecule has 0 aliphatic heterocycles. The van der Waals surface area contributed by atoms with E-state index < -0.39 is 6.04 Å². The Morgan fingerprint density at radius 1 is 1.64 bits per heavy atom. The monoisotopic (exact) mass is 302 g/mol. The number of halogens is 1. The molecule has 0 spiro atoms. The van der Waals surface area contributed by atoms with Crippen LogP contribution in [0.2, 0.25) is 0 Å². The number of hydrogen-bond donors (Lipinski definition) is 2. The molecule has 0 unspecified atom stereocenters. The fraction of sp³-hybridized carbons (Fsp3) is 0.300. The lowest BCUT2D eigenvalue weighted by atomic mass is 10.0. The lowest BCUT2D eigenvalue weighted by Gasteiger charge is -2.12. The Bertz CT molecular complexity index is 384. The van der Waals surface area contributed by atoms with Gasteiger partial charge in [-0.1, -0.05) is 6.07 Å². The third-order valence-electron chi connectivity index (χ3n) is 1.95. The molecule has 3 nitrogen and oxygen atoms in total. The van der Waals surface area contributed by atoms with Gasteiger partial charge in [0, 0.05) is 11.6 Å². The quantitative estimate of drug-likeness (QED) is 0.823. The average Bonchev–Trinajstić information content (AvgIpc) is 2.11. The standard InChI is InChI=1S/C10H11IN2O/c1-6-4-7(9(13)2-3-12)10(14)8(11)5-6/h4-5,9,14H,2,13H2,1H3/t9-/m0/s1. The van der Waals surface area contributed by atoms with E-state index in [9.17, 15) is 5.11 Å². The summed E-state index contributed by atoms with van der Waals surface area (Å²) in [4.78, 5) is 0. The third-order valence-corrected chi connectivity index (χ3v) is 2.77. The van der Waals surface area contributed by atoms with Crippen molar-refractivity contribution in [3.8, 4) is 11.8 Å². The van der Waals surface area contributed by atoms with Crippen LogP contribution in [0.3, 0.4) is 0 Å². The van der Waals surface area contributed by atoms with Crippen LogP contribution < -0.4 is 5.73 Å². The van der Waals surface area contributed by atoms with Gasteiger partial charge in [0.2, 0.25) is 0 Å². The van der Waals surface area contributed by atoms with Crippen molar-refractivity contribution in [3.05, 3.63) is 26.8 Å². The second-order valence-electron chi connectivity index (χ2n) is 3.15.